The molecule has 182 valence electrons. The van der Waals surface area contributed by atoms with Crippen LogP contribution < -0.4 is 21.9 Å². The molecule has 14 heteroatoms. The van der Waals surface area contributed by atoms with Crippen molar-refractivity contribution < 1.29 is 18.0 Å². The normalized spacial score (nSPS) is 13.1. The Bertz CT molecular complexity index is 1300. The summed E-state index contributed by atoms with van der Waals surface area (Å²) in [6.07, 6.45) is -2.78. The van der Waals surface area contributed by atoms with Crippen LogP contribution in [0.1, 0.15) is 46.6 Å². The Kier molecular flexibility index (Phi) is 7.68. The van der Waals surface area contributed by atoms with Gasteiger partial charge in [-0.25, -0.2) is 4.98 Å². The average Bonchev–Trinajstić information content (AvgIpc) is 3.36. The van der Waals surface area contributed by atoms with E-state index in [1.54, 1.807) is 0 Å². The molecule has 34 heavy (non-hydrogen) atoms. The van der Waals surface area contributed by atoms with Gasteiger partial charge in [0.15, 0.2) is 5.13 Å². The maximum absolute atomic E-state index is 13.5. The fourth-order valence-corrected chi connectivity index (χ4v) is 4.62. The van der Waals surface area contributed by atoms with Crippen molar-refractivity contribution >= 4 is 62.0 Å². The quantitative estimate of drug-likeness (QED) is 0.240. The van der Waals surface area contributed by atoms with Crippen LogP contribution >= 0.6 is 34.5 Å². The van der Waals surface area contributed by atoms with E-state index in [1.807, 2.05) is 13.8 Å². The number of nitrogens with two attached hydrogens (primary N) is 1. The highest BCUT2D eigenvalue weighted by atomic mass is 35.5. The van der Waals surface area contributed by atoms with Gasteiger partial charge in [-0.15, -0.1) is 0 Å². The smallest absolute Gasteiger partial charge is 0.383 e. The zero-order valence-corrected chi connectivity index (χ0v) is 20.5. The van der Waals surface area contributed by atoms with E-state index in [4.69, 9.17) is 17.3 Å². The molecule has 5 N–H and O–H groups in total. The topological polar surface area (TPSA) is 125 Å². The van der Waals surface area contributed by atoms with Crippen LogP contribution in [0.3, 0.4) is 0 Å². The summed E-state index contributed by atoms with van der Waals surface area (Å²) >= 11 is 7.81. The number of benzene rings is 1. The summed E-state index contributed by atoms with van der Waals surface area (Å²) in [7, 11) is 0. The molecule has 8 nitrogen and oxygen atoms in total. The monoisotopic (exact) mass is 532 g/mol. The Labute approximate surface area is 205 Å². The lowest BCUT2D eigenvalue weighted by Crippen LogP contribution is -2.23. The number of H-pyrrole nitrogens is 1. The van der Waals surface area contributed by atoms with Crippen molar-refractivity contribution in [2.75, 3.05) is 10.6 Å². The number of hydrogen-bond donors (Lipinski definition) is 4. The molecule has 0 aliphatic carbocycles. The minimum Gasteiger partial charge on any atom is -0.383 e. The summed E-state index contributed by atoms with van der Waals surface area (Å²) in [5.74, 6) is -0.758. The summed E-state index contributed by atoms with van der Waals surface area (Å²) in [4.78, 5) is 33.2. The number of aryl methyl sites for hydroxylation is 1. The summed E-state index contributed by atoms with van der Waals surface area (Å²) in [5, 5.41) is 5.48. The lowest BCUT2D eigenvalue weighted by Gasteiger charge is -2.17. The van der Waals surface area contributed by atoms with Crippen LogP contribution in [-0.4, -0.2) is 27.1 Å². The molecule has 0 fully saturated rings. The SMILES string of the molecule is CCC(C)N=C(N)c1c(Nc2ncc(C(=O)Nc3c(Cl)ccc(C)c3C(F)(F)F)s2)s[nH]c1=O. The van der Waals surface area contributed by atoms with Gasteiger partial charge in [-0.3, -0.25) is 19.0 Å². The number of amides is 1. The van der Waals surface area contributed by atoms with Crippen molar-refractivity contribution in [2.45, 2.75) is 39.4 Å². The first kappa shape index (κ1) is 25.7. The van der Waals surface area contributed by atoms with E-state index in [-0.39, 0.29) is 38.0 Å². The second kappa shape index (κ2) is 10.2. The molecule has 3 rings (SSSR count). The van der Waals surface area contributed by atoms with Crippen molar-refractivity contribution in [2.24, 2.45) is 10.7 Å². The second-order valence-electron chi connectivity index (χ2n) is 7.23. The van der Waals surface area contributed by atoms with E-state index in [0.29, 0.717) is 5.00 Å². The minimum atomic E-state index is -4.71. The van der Waals surface area contributed by atoms with Crippen LogP contribution in [0.5, 0.6) is 0 Å². The molecular weight excluding hydrogens is 513 g/mol. The van der Waals surface area contributed by atoms with Crippen molar-refractivity contribution in [3.63, 3.8) is 0 Å². The Balaban J connectivity index is 1.85. The molecule has 1 unspecified atom stereocenters. The first-order valence-electron chi connectivity index (χ1n) is 9.88. The number of aliphatic imine (C=N–C) groups is 1. The van der Waals surface area contributed by atoms with Crippen LogP contribution in [0.15, 0.2) is 28.1 Å². The maximum atomic E-state index is 13.5. The minimum absolute atomic E-state index is 0.0267. The highest BCUT2D eigenvalue weighted by molar-refractivity contribution is 7.18. The van der Waals surface area contributed by atoms with Gasteiger partial charge >= 0.3 is 6.18 Å². The average molecular weight is 533 g/mol. The lowest BCUT2D eigenvalue weighted by atomic mass is 10.1. The molecule has 3 aromatic rings. The third-order valence-electron chi connectivity index (χ3n) is 4.74. The Hall–Kier alpha value is -2.90. The number of aromatic amines is 1. The molecule has 0 radical (unpaired) electrons. The van der Waals surface area contributed by atoms with Crippen LogP contribution in [-0.2, 0) is 6.18 Å². The van der Waals surface area contributed by atoms with E-state index in [9.17, 15) is 22.8 Å². The number of halogens is 4. The predicted octanol–water partition coefficient (Wildman–Crippen LogP) is 5.37. The number of carbonyl (C=O) groups excluding carboxylic acids is 1. The van der Waals surface area contributed by atoms with Crippen molar-refractivity contribution in [1.82, 2.24) is 9.36 Å². The van der Waals surface area contributed by atoms with Gasteiger partial charge in [-0.1, -0.05) is 35.9 Å². The van der Waals surface area contributed by atoms with E-state index < -0.39 is 28.9 Å². The number of alkyl halides is 3. The van der Waals surface area contributed by atoms with Crippen LogP contribution in [0, 0.1) is 6.92 Å². The summed E-state index contributed by atoms with van der Waals surface area (Å²) in [5.41, 5.74) is 4.09. The molecule has 1 amide bonds. The van der Waals surface area contributed by atoms with Gasteiger partial charge in [0.25, 0.3) is 11.5 Å². The van der Waals surface area contributed by atoms with Gasteiger partial charge in [-0.05, 0) is 43.4 Å². The summed E-state index contributed by atoms with van der Waals surface area (Å²) < 4.78 is 43.1. The first-order chi connectivity index (χ1) is 15.9. The molecule has 1 aromatic carbocycles. The third kappa shape index (κ3) is 5.59. The number of thiazole rings is 1. The van der Waals surface area contributed by atoms with Gasteiger partial charge in [0.05, 0.1) is 22.5 Å². The largest absolute Gasteiger partial charge is 0.418 e. The van der Waals surface area contributed by atoms with Gasteiger partial charge < -0.3 is 16.4 Å². The number of hydrogen-bond acceptors (Lipinski definition) is 7. The van der Waals surface area contributed by atoms with Gasteiger partial charge in [0.1, 0.15) is 21.3 Å². The second-order valence-corrected chi connectivity index (χ2v) is 9.48. The summed E-state index contributed by atoms with van der Waals surface area (Å²) in [6, 6.07) is 2.42. The molecule has 2 aromatic heterocycles. The van der Waals surface area contributed by atoms with E-state index in [0.717, 1.165) is 29.3 Å². The first-order valence-corrected chi connectivity index (χ1v) is 11.9. The van der Waals surface area contributed by atoms with Crippen LogP contribution in [0.4, 0.5) is 29.0 Å². The van der Waals surface area contributed by atoms with E-state index in [1.165, 1.54) is 25.3 Å². The lowest BCUT2D eigenvalue weighted by molar-refractivity contribution is -0.137. The number of amidine groups is 1. The Morgan fingerprint density at radius 1 is 1.38 bits per heavy atom. The summed E-state index contributed by atoms with van der Waals surface area (Å²) in [6.45, 7) is 5.07. The number of nitrogens with zero attached hydrogens (tertiary/aromatic N) is 2. The van der Waals surface area contributed by atoms with Crippen molar-refractivity contribution in [1.29, 1.82) is 0 Å². The number of carbonyl (C=O) groups is 1. The van der Waals surface area contributed by atoms with Crippen LogP contribution in [0.2, 0.25) is 5.02 Å². The maximum Gasteiger partial charge on any atom is 0.418 e. The zero-order chi connectivity index (χ0) is 25.2. The van der Waals surface area contributed by atoms with Gasteiger partial charge in [0, 0.05) is 6.04 Å². The number of anilines is 3. The van der Waals surface area contributed by atoms with Crippen LogP contribution in [0.25, 0.3) is 0 Å². The zero-order valence-electron chi connectivity index (χ0n) is 18.1. The standard InChI is InChI=1S/C20H20ClF3N6O2S2/c1-4-9(3)27-15(25)12-17(32)30-34-18(12)29-19-26-7-11(33-19)16(31)28-14-10(21)6-5-8(2)13(14)20(22,23)24/h5-7,9H,4H2,1-3H3,(H2,25,27)(H,26,29)(H,28,31)(H,30,32). The molecule has 2 heterocycles. The highest BCUT2D eigenvalue weighted by Gasteiger charge is 2.37. The molecule has 0 saturated carbocycles. The number of nitrogens with one attached hydrogen (secondary N) is 3. The molecule has 0 aliphatic heterocycles. The molecular formula is C20H20ClF3N6O2S2. The number of rotatable bonds is 7. The van der Waals surface area contributed by atoms with Gasteiger partial charge in [0.2, 0.25) is 0 Å². The van der Waals surface area contributed by atoms with Gasteiger partial charge in [-0.2, -0.15) is 13.2 Å². The fraction of sp³-hybridized carbons (Fsp3) is 0.300. The molecule has 0 bridgehead atoms. The molecule has 0 aliphatic rings. The Morgan fingerprint density at radius 3 is 2.74 bits per heavy atom. The van der Waals surface area contributed by atoms with Crippen molar-refractivity contribution in [3.05, 3.63) is 55.3 Å². The molecule has 0 spiro atoms. The molecule has 1 atom stereocenters. The molecule has 0 saturated heterocycles. The number of aromatic nitrogens is 2. The Morgan fingerprint density at radius 2 is 2.09 bits per heavy atom. The predicted molar refractivity (Wildman–Crippen MR) is 130 cm³/mol. The van der Waals surface area contributed by atoms with Crippen molar-refractivity contribution in [3.8, 4) is 0 Å². The fourth-order valence-electron chi connectivity index (χ4n) is 2.89. The van der Waals surface area contributed by atoms with E-state index >= 15 is 0 Å². The van der Waals surface area contributed by atoms with E-state index in [2.05, 4.69) is 25.0 Å². The highest BCUT2D eigenvalue weighted by Crippen LogP contribution is 2.41. The third-order valence-corrected chi connectivity index (χ3v) is 6.77.